The van der Waals surface area contributed by atoms with E-state index >= 15 is 0 Å². The fourth-order valence-corrected chi connectivity index (χ4v) is 6.20. The number of hydrogen-bond donors (Lipinski definition) is 4. The molecule has 3 aromatic rings. The second-order valence-corrected chi connectivity index (χ2v) is 14.2. The van der Waals surface area contributed by atoms with Crippen LogP contribution in [0.15, 0.2) is 91.0 Å². The van der Waals surface area contributed by atoms with Crippen molar-refractivity contribution in [1.82, 2.24) is 20.9 Å². The third-order valence-electron chi connectivity index (χ3n) is 8.73. The number of β-amino-alcohol motifs (C(OH)–C–C–N with tert-alkyl or cyclic N) is 1. The molecule has 0 saturated carbocycles. The van der Waals surface area contributed by atoms with Gasteiger partial charge in [-0.3, -0.25) is 14.5 Å². The van der Waals surface area contributed by atoms with Gasteiger partial charge in [0, 0.05) is 12.1 Å². The molecular weight excluding hydrogens is 604 g/mol. The van der Waals surface area contributed by atoms with Gasteiger partial charge in [0.1, 0.15) is 12.6 Å². The van der Waals surface area contributed by atoms with Crippen LogP contribution in [0, 0.1) is 5.92 Å². The van der Waals surface area contributed by atoms with Crippen molar-refractivity contribution in [1.29, 1.82) is 0 Å². The van der Waals surface area contributed by atoms with Gasteiger partial charge in [0.25, 0.3) is 0 Å². The Labute approximate surface area is 285 Å². The molecule has 0 aromatic heterocycles. The predicted octanol–water partition coefficient (Wildman–Crippen LogP) is 5.19. The normalized spacial score (nSPS) is 18.7. The van der Waals surface area contributed by atoms with Crippen molar-refractivity contribution in [2.45, 2.75) is 96.2 Å². The molecule has 0 bridgehead atoms. The number of aliphatic hydroxyl groups is 1. The Morgan fingerprint density at radius 2 is 1.46 bits per heavy atom. The second kappa shape index (κ2) is 17.3. The maximum atomic E-state index is 13.8. The van der Waals surface area contributed by atoms with Crippen molar-refractivity contribution < 1.29 is 24.2 Å². The van der Waals surface area contributed by atoms with Crippen LogP contribution in [-0.2, 0) is 27.4 Å². The molecule has 1 aliphatic rings. The fraction of sp³-hybridized carbons (Fsp3) is 0.462. The highest BCUT2D eigenvalue weighted by Crippen LogP contribution is 2.32. The van der Waals surface area contributed by atoms with E-state index in [2.05, 4.69) is 33.0 Å². The molecule has 4 N–H and O–H groups in total. The molecule has 9 heteroatoms. The summed E-state index contributed by atoms with van der Waals surface area (Å²) in [4.78, 5) is 42.2. The van der Waals surface area contributed by atoms with E-state index in [4.69, 9.17) is 4.74 Å². The SMILES string of the molecule is CC(C)[C@H](NC(=O)OCc1ccccc1)C(=O)N[C@@H](Cc1ccccc1)[C@H](O)CN1CC[C@@H](c2ccccc2)C[C@H]1C(=O)NC(C)(C)C. The molecule has 1 saturated heterocycles. The van der Waals surface area contributed by atoms with Crippen LogP contribution in [0.3, 0.4) is 0 Å². The van der Waals surface area contributed by atoms with Crippen molar-refractivity contribution in [3.8, 4) is 0 Å². The zero-order valence-electron chi connectivity index (χ0n) is 28.9. The molecule has 5 atom stereocenters. The van der Waals surface area contributed by atoms with E-state index in [0.717, 1.165) is 17.5 Å². The summed E-state index contributed by atoms with van der Waals surface area (Å²) in [7, 11) is 0. The van der Waals surface area contributed by atoms with Gasteiger partial charge < -0.3 is 25.8 Å². The molecule has 0 aliphatic carbocycles. The fourth-order valence-electron chi connectivity index (χ4n) is 6.20. The minimum atomic E-state index is -0.995. The summed E-state index contributed by atoms with van der Waals surface area (Å²) in [6.45, 7) is 10.5. The topological polar surface area (TPSA) is 120 Å². The van der Waals surface area contributed by atoms with Crippen LogP contribution in [-0.4, -0.2) is 70.8 Å². The molecular formula is C39H52N4O5. The van der Waals surface area contributed by atoms with Crippen LogP contribution in [0.4, 0.5) is 4.79 Å². The van der Waals surface area contributed by atoms with E-state index in [1.807, 2.05) is 113 Å². The summed E-state index contributed by atoms with van der Waals surface area (Å²) in [5, 5.41) is 20.7. The number of hydrogen-bond acceptors (Lipinski definition) is 6. The van der Waals surface area contributed by atoms with Crippen molar-refractivity contribution in [3.05, 3.63) is 108 Å². The Morgan fingerprint density at radius 3 is 2.04 bits per heavy atom. The number of ether oxygens (including phenoxy) is 1. The Hall–Kier alpha value is -4.21. The van der Waals surface area contributed by atoms with E-state index in [1.165, 1.54) is 5.56 Å². The molecule has 48 heavy (non-hydrogen) atoms. The first kappa shape index (κ1) is 36.6. The lowest BCUT2D eigenvalue weighted by Crippen LogP contribution is -2.59. The average Bonchev–Trinajstić information content (AvgIpc) is 3.06. The molecule has 9 nitrogen and oxygen atoms in total. The standard InChI is InChI=1S/C39H52N4O5/c1-27(2)35(41-38(47)48-26-29-17-11-7-12-18-29)37(46)40-32(23-28-15-9-6-10-16-28)34(44)25-43-22-21-31(30-19-13-8-14-20-30)24-33(43)36(45)42-39(3,4)5/h6-20,27,31-35,44H,21-26H2,1-5H3,(H,40,46)(H,41,47)(H,42,45)/t31-,32+,33+,34-,35+/m1/s1. The second-order valence-electron chi connectivity index (χ2n) is 14.2. The lowest BCUT2D eigenvalue weighted by atomic mass is 9.84. The van der Waals surface area contributed by atoms with Crippen LogP contribution >= 0.6 is 0 Å². The number of amides is 3. The predicted molar refractivity (Wildman–Crippen MR) is 188 cm³/mol. The van der Waals surface area contributed by atoms with Gasteiger partial charge in [0.2, 0.25) is 11.8 Å². The van der Waals surface area contributed by atoms with E-state index in [0.29, 0.717) is 19.4 Å². The van der Waals surface area contributed by atoms with Crippen LogP contribution in [0.5, 0.6) is 0 Å². The number of likely N-dealkylation sites (tertiary alicyclic amines) is 1. The van der Waals surface area contributed by atoms with Crippen molar-refractivity contribution in [2.24, 2.45) is 5.92 Å². The van der Waals surface area contributed by atoms with Gasteiger partial charge in [-0.2, -0.15) is 0 Å². The van der Waals surface area contributed by atoms with Gasteiger partial charge in [0.15, 0.2) is 0 Å². The van der Waals surface area contributed by atoms with Crippen LogP contribution < -0.4 is 16.0 Å². The maximum Gasteiger partial charge on any atom is 0.408 e. The van der Waals surface area contributed by atoms with Crippen LogP contribution in [0.1, 0.15) is 70.1 Å². The number of nitrogens with one attached hydrogen (secondary N) is 3. The minimum absolute atomic E-state index is 0.0722. The molecule has 1 fully saturated rings. The van der Waals surface area contributed by atoms with E-state index < -0.39 is 41.8 Å². The summed E-state index contributed by atoms with van der Waals surface area (Å²) < 4.78 is 5.39. The van der Waals surface area contributed by atoms with Crippen molar-refractivity contribution in [2.75, 3.05) is 13.1 Å². The molecule has 3 aromatic carbocycles. The van der Waals surface area contributed by atoms with E-state index in [1.54, 1.807) is 0 Å². The highest BCUT2D eigenvalue weighted by Gasteiger charge is 2.38. The summed E-state index contributed by atoms with van der Waals surface area (Å²) >= 11 is 0. The number of benzene rings is 3. The Kier molecular flexibility index (Phi) is 13.2. The van der Waals surface area contributed by atoms with Gasteiger partial charge in [-0.05, 0) is 75.1 Å². The number of alkyl carbamates (subject to hydrolysis) is 1. The monoisotopic (exact) mass is 656 g/mol. The molecule has 4 rings (SSSR count). The first-order valence-corrected chi connectivity index (χ1v) is 17.0. The van der Waals surface area contributed by atoms with Crippen LogP contribution in [0.2, 0.25) is 0 Å². The molecule has 0 radical (unpaired) electrons. The number of carbonyl (C=O) groups excluding carboxylic acids is 3. The average molecular weight is 657 g/mol. The number of aliphatic hydroxyl groups excluding tert-OH is 1. The number of carbonyl (C=O) groups is 3. The van der Waals surface area contributed by atoms with E-state index in [9.17, 15) is 19.5 Å². The molecule has 0 spiro atoms. The zero-order valence-corrected chi connectivity index (χ0v) is 28.9. The molecule has 1 heterocycles. The van der Waals surface area contributed by atoms with Gasteiger partial charge >= 0.3 is 6.09 Å². The minimum Gasteiger partial charge on any atom is -0.445 e. The Bertz CT molecular complexity index is 1450. The zero-order chi connectivity index (χ0) is 34.7. The molecule has 3 amide bonds. The maximum absolute atomic E-state index is 13.8. The summed E-state index contributed by atoms with van der Waals surface area (Å²) in [5.74, 6) is -0.510. The van der Waals surface area contributed by atoms with Crippen molar-refractivity contribution >= 4 is 17.9 Å². The number of nitrogens with zero attached hydrogens (tertiary/aromatic N) is 1. The third kappa shape index (κ3) is 11.2. The summed E-state index contributed by atoms with van der Waals surface area (Å²) in [6.07, 6.45) is 0.151. The summed E-state index contributed by atoms with van der Waals surface area (Å²) in [6, 6.07) is 27.2. The lowest BCUT2D eigenvalue weighted by Gasteiger charge is -2.41. The van der Waals surface area contributed by atoms with Crippen molar-refractivity contribution in [3.63, 3.8) is 0 Å². The van der Waals surface area contributed by atoms with Gasteiger partial charge in [-0.15, -0.1) is 0 Å². The number of piperidine rings is 1. The highest BCUT2D eigenvalue weighted by molar-refractivity contribution is 5.86. The van der Waals surface area contributed by atoms with Gasteiger partial charge in [-0.1, -0.05) is 105 Å². The highest BCUT2D eigenvalue weighted by atomic mass is 16.5. The lowest BCUT2D eigenvalue weighted by molar-refractivity contribution is -0.131. The van der Waals surface area contributed by atoms with Gasteiger partial charge in [0.05, 0.1) is 18.2 Å². The Morgan fingerprint density at radius 1 is 0.875 bits per heavy atom. The molecule has 1 aliphatic heterocycles. The molecule has 258 valence electrons. The quantitative estimate of drug-likeness (QED) is 0.201. The summed E-state index contributed by atoms with van der Waals surface area (Å²) in [5.41, 5.74) is 2.58. The largest absolute Gasteiger partial charge is 0.445 e. The van der Waals surface area contributed by atoms with E-state index in [-0.39, 0.29) is 30.9 Å². The smallest absolute Gasteiger partial charge is 0.408 e. The molecule has 0 unspecified atom stereocenters. The number of rotatable bonds is 13. The first-order chi connectivity index (χ1) is 22.9. The Balaban J connectivity index is 1.49. The third-order valence-corrected chi connectivity index (χ3v) is 8.73. The van der Waals surface area contributed by atoms with Gasteiger partial charge in [-0.25, -0.2) is 4.79 Å². The van der Waals surface area contributed by atoms with Crippen LogP contribution in [0.25, 0.3) is 0 Å². The first-order valence-electron chi connectivity index (χ1n) is 17.0.